The van der Waals surface area contributed by atoms with Crippen LogP contribution >= 0.6 is 11.3 Å². The Morgan fingerprint density at radius 1 is 0.875 bits per heavy atom. The minimum atomic E-state index is -0.967. The molecule has 16 nitrogen and oxygen atoms in total. The zero-order chi connectivity index (χ0) is 51.1. The van der Waals surface area contributed by atoms with Gasteiger partial charge in [0.15, 0.2) is 0 Å². The van der Waals surface area contributed by atoms with Crippen LogP contribution in [-0.4, -0.2) is 106 Å². The number of rotatable bonds is 21. The maximum atomic E-state index is 14.0. The van der Waals surface area contributed by atoms with Crippen molar-refractivity contribution in [3.8, 4) is 27.3 Å². The first-order chi connectivity index (χ1) is 34.6. The number of likely N-dealkylation sites (tertiary alicyclic amines) is 1. The highest BCUT2D eigenvalue weighted by Crippen LogP contribution is 2.39. The molecule has 8 rings (SSSR count). The number of benzene rings is 4. The summed E-state index contributed by atoms with van der Waals surface area (Å²) in [7, 11) is 0. The molecule has 4 heterocycles. The summed E-state index contributed by atoms with van der Waals surface area (Å²) in [5, 5.41) is 22.1. The molecule has 3 atom stereocenters. The Morgan fingerprint density at radius 3 is 2.29 bits per heavy atom. The third-order valence-electron chi connectivity index (χ3n) is 12.9. The van der Waals surface area contributed by atoms with Crippen molar-refractivity contribution in [2.24, 2.45) is 11.1 Å². The van der Waals surface area contributed by atoms with E-state index >= 15 is 0 Å². The fourth-order valence-electron chi connectivity index (χ4n) is 9.33. The van der Waals surface area contributed by atoms with E-state index in [4.69, 9.17) is 24.5 Å². The van der Waals surface area contributed by atoms with Crippen molar-refractivity contribution in [2.45, 2.75) is 92.1 Å². The highest BCUT2D eigenvalue weighted by molar-refractivity contribution is 7.13. The van der Waals surface area contributed by atoms with Gasteiger partial charge in [0.05, 0.1) is 40.0 Å². The Morgan fingerprint density at radius 2 is 1.61 bits per heavy atom. The molecule has 0 radical (unpaired) electrons. The molecule has 0 unspecified atom stereocenters. The number of thiazole rings is 1. The summed E-state index contributed by atoms with van der Waals surface area (Å²) in [6.45, 7) is 13.2. The Kier molecular flexibility index (Phi) is 16.2. The second-order valence-corrected chi connectivity index (χ2v) is 20.3. The molecule has 1 aliphatic heterocycles. The van der Waals surface area contributed by atoms with E-state index in [2.05, 4.69) is 43.5 Å². The van der Waals surface area contributed by atoms with Crippen LogP contribution in [0.15, 0.2) is 95.0 Å². The highest BCUT2D eigenvalue weighted by Gasteiger charge is 2.44. The molecule has 4 amide bonds. The van der Waals surface area contributed by atoms with Crippen LogP contribution < -0.4 is 21.1 Å². The van der Waals surface area contributed by atoms with Crippen LogP contribution in [0.1, 0.15) is 78.7 Å². The van der Waals surface area contributed by atoms with Crippen molar-refractivity contribution in [1.82, 2.24) is 30.2 Å². The molecule has 1 fully saturated rings. The Hall–Kier alpha value is -6.92. The zero-order valence-electron chi connectivity index (χ0n) is 41.7. The number of hydrogen-bond acceptors (Lipinski definition) is 12. The van der Waals surface area contributed by atoms with Gasteiger partial charge in [-0.15, -0.1) is 11.3 Å². The van der Waals surface area contributed by atoms with E-state index in [1.165, 1.54) is 4.90 Å². The molecule has 1 saturated heterocycles. The standard InChI is InChI=1S/C55H63N7O9S/c1-33-48(35(3)71-60-33)39-24-43(52(56)65)49-42-27-41(18-19-44(42)61(45(49)25-39)29-37-12-8-7-9-13-37)70-23-11-21-68-20-10-22-69-31-47(64)59-51(55(4,5)6)54(67)62-30-40(63)26-46(62)53(66)57-28-36-14-16-38(17-15-36)50-34(2)58-32-72-50/h7-9,12-19,24-25,27,32,40,46,51,63H,10-11,20-23,26,28-31H2,1-6H3,(H2,56,65)(H,57,66)(H,59,64)/t40-,46+,51-/m1/s1. The maximum Gasteiger partial charge on any atom is 0.249 e. The molecule has 72 heavy (non-hydrogen) atoms. The van der Waals surface area contributed by atoms with Gasteiger partial charge in [-0.05, 0) is 85.2 Å². The molecule has 0 aliphatic carbocycles. The van der Waals surface area contributed by atoms with Gasteiger partial charge in [0.2, 0.25) is 23.6 Å². The van der Waals surface area contributed by atoms with Gasteiger partial charge in [0.1, 0.15) is 30.2 Å². The molecule has 17 heteroatoms. The normalized spacial score (nSPS) is 15.3. The number of β-amino-alcohol motifs (C(OH)–C–C–N with tert-alkyl or cyclic N) is 1. The highest BCUT2D eigenvalue weighted by atomic mass is 32.1. The number of nitrogens with one attached hydrogen (secondary N) is 2. The number of nitrogens with two attached hydrogens (primary N) is 1. The van der Waals surface area contributed by atoms with Crippen molar-refractivity contribution in [3.63, 3.8) is 0 Å². The smallest absolute Gasteiger partial charge is 0.249 e. The van der Waals surface area contributed by atoms with Crippen LogP contribution in [-0.2, 0) is 36.9 Å². The summed E-state index contributed by atoms with van der Waals surface area (Å²) < 4.78 is 25.4. The third kappa shape index (κ3) is 11.9. The number of aromatic nitrogens is 3. The predicted octanol–water partition coefficient (Wildman–Crippen LogP) is 7.65. The van der Waals surface area contributed by atoms with Gasteiger partial charge in [-0.25, -0.2) is 4.98 Å². The number of nitrogens with zero attached hydrogens (tertiary/aromatic N) is 4. The number of carbonyl (C=O) groups is 4. The van der Waals surface area contributed by atoms with Crippen molar-refractivity contribution in [3.05, 3.63) is 124 Å². The number of carbonyl (C=O) groups excluding carboxylic acids is 4. The van der Waals surface area contributed by atoms with Crippen molar-refractivity contribution in [1.29, 1.82) is 0 Å². The van der Waals surface area contributed by atoms with E-state index in [0.29, 0.717) is 56.3 Å². The van der Waals surface area contributed by atoms with E-state index < -0.39 is 41.3 Å². The van der Waals surface area contributed by atoms with Gasteiger partial charge in [0, 0.05) is 79.7 Å². The molecule has 1 aliphatic rings. The number of aliphatic hydroxyl groups excluding tert-OH is 1. The minimum Gasteiger partial charge on any atom is -0.493 e. The first kappa shape index (κ1) is 51.4. The third-order valence-corrected chi connectivity index (χ3v) is 13.9. The van der Waals surface area contributed by atoms with Gasteiger partial charge in [-0.2, -0.15) is 0 Å². The maximum absolute atomic E-state index is 14.0. The van der Waals surface area contributed by atoms with Gasteiger partial charge < -0.3 is 49.7 Å². The lowest BCUT2D eigenvalue weighted by atomic mass is 9.85. The summed E-state index contributed by atoms with van der Waals surface area (Å²) in [4.78, 5) is 60.5. The number of ether oxygens (including phenoxy) is 3. The molecular formula is C55H63N7O9S. The molecule has 378 valence electrons. The number of hydrogen-bond donors (Lipinski definition) is 4. The summed E-state index contributed by atoms with van der Waals surface area (Å²) >= 11 is 1.57. The Bertz CT molecular complexity index is 3030. The van der Waals surface area contributed by atoms with Gasteiger partial charge in [0.25, 0.3) is 0 Å². The van der Waals surface area contributed by atoms with E-state index in [9.17, 15) is 24.3 Å². The fourth-order valence-corrected chi connectivity index (χ4v) is 10.1. The summed E-state index contributed by atoms with van der Waals surface area (Å²) in [6, 6.07) is 25.9. The zero-order valence-corrected chi connectivity index (χ0v) is 42.5. The largest absolute Gasteiger partial charge is 0.493 e. The predicted molar refractivity (Wildman–Crippen MR) is 276 cm³/mol. The molecule has 5 N–H and O–H groups in total. The average Bonchev–Trinajstić information content (AvgIpc) is 4.14. The van der Waals surface area contributed by atoms with E-state index in [1.54, 1.807) is 11.3 Å². The van der Waals surface area contributed by atoms with Crippen LogP contribution in [0.2, 0.25) is 0 Å². The van der Waals surface area contributed by atoms with Crippen LogP contribution in [0.3, 0.4) is 0 Å². The number of fused-ring (bicyclic) bond motifs is 3. The van der Waals surface area contributed by atoms with Crippen LogP contribution in [0, 0.1) is 26.2 Å². The molecule has 0 bridgehead atoms. The molecule has 3 aromatic heterocycles. The first-order valence-electron chi connectivity index (χ1n) is 24.3. The minimum absolute atomic E-state index is 0.0192. The summed E-state index contributed by atoms with van der Waals surface area (Å²) in [5.74, 6) is -0.525. The van der Waals surface area contributed by atoms with Crippen LogP contribution in [0.5, 0.6) is 5.75 Å². The van der Waals surface area contributed by atoms with E-state index in [-0.39, 0.29) is 38.6 Å². The second-order valence-electron chi connectivity index (χ2n) is 19.4. The Balaban J connectivity index is 0.789. The van der Waals surface area contributed by atoms with Crippen molar-refractivity contribution < 1.29 is 43.0 Å². The number of primary amides is 1. The molecule has 0 spiro atoms. The number of aryl methyl sites for hydroxylation is 3. The summed E-state index contributed by atoms with van der Waals surface area (Å²) in [6.07, 6.45) is 0.373. The van der Waals surface area contributed by atoms with Gasteiger partial charge >= 0.3 is 0 Å². The summed E-state index contributed by atoms with van der Waals surface area (Å²) in [5.41, 5.74) is 15.7. The number of amides is 4. The second kappa shape index (κ2) is 22.7. The first-order valence-corrected chi connectivity index (χ1v) is 25.2. The van der Waals surface area contributed by atoms with Crippen molar-refractivity contribution in [2.75, 3.05) is 39.6 Å². The lowest BCUT2D eigenvalue weighted by Gasteiger charge is -2.35. The molecule has 4 aromatic carbocycles. The number of aliphatic hydroxyl groups is 1. The lowest BCUT2D eigenvalue weighted by Crippen LogP contribution is -2.58. The monoisotopic (exact) mass is 997 g/mol. The molecule has 0 saturated carbocycles. The fraction of sp³-hybridized carbons (Fsp3) is 0.382. The topological polar surface area (TPSA) is 213 Å². The van der Waals surface area contributed by atoms with Gasteiger partial charge in [-0.1, -0.05) is 80.5 Å². The van der Waals surface area contributed by atoms with Crippen molar-refractivity contribution >= 4 is 56.8 Å². The van der Waals surface area contributed by atoms with E-state index in [0.717, 1.165) is 65.9 Å². The van der Waals surface area contributed by atoms with E-state index in [1.807, 2.05) is 114 Å². The van der Waals surface area contributed by atoms with Crippen LogP contribution in [0.4, 0.5) is 0 Å². The molecule has 7 aromatic rings. The van der Waals surface area contributed by atoms with Gasteiger partial charge in [-0.3, -0.25) is 19.2 Å². The quantitative estimate of drug-likeness (QED) is 0.0514. The van der Waals surface area contributed by atoms with Crippen LogP contribution in [0.25, 0.3) is 43.4 Å². The SMILES string of the molecule is Cc1ncsc1-c1ccc(CNC(=O)[C@@H]2C[C@@H](O)CN2C(=O)[C@@H](NC(=O)COCCCOCCCOc2ccc3c(c2)c2c(C(N)=O)cc(-c4c(C)noc4C)cc2n3Cc2ccccc2)C(C)(C)C)cc1. The Labute approximate surface area is 422 Å². The lowest BCUT2D eigenvalue weighted by molar-refractivity contribution is -0.144. The molecular weight excluding hydrogens is 935 g/mol. The average molecular weight is 998 g/mol.